The first-order valence-electron chi connectivity index (χ1n) is 13.2. The molecule has 2 saturated heterocycles. The number of amides is 2. The van der Waals surface area contributed by atoms with E-state index in [0.717, 1.165) is 31.9 Å². The van der Waals surface area contributed by atoms with Crippen LogP contribution in [0, 0.1) is 11.2 Å². The molecule has 1 aromatic heterocycles. The quantitative estimate of drug-likeness (QED) is 0.458. The van der Waals surface area contributed by atoms with Gasteiger partial charge in [0.05, 0.1) is 12.2 Å². The van der Waals surface area contributed by atoms with E-state index in [1.807, 2.05) is 35.2 Å². The van der Waals surface area contributed by atoms with Crippen molar-refractivity contribution in [2.24, 2.45) is 5.41 Å². The zero-order valence-electron chi connectivity index (χ0n) is 21.8. The van der Waals surface area contributed by atoms with E-state index in [9.17, 15) is 14.0 Å². The second kappa shape index (κ2) is 11.4. The molecule has 2 amide bonds. The van der Waals surface area contributed by atoms with E-state index in [-0.39, 0.29) is 23.0 Å². The van der Waals surface area contributed by atoms with Crippen molar-refractivity contribution in [3.8, 4) is 17.1 Å². The maximum Gasteiger partial charge on any atom is 0.289 e. The first-order chi connectivity index (χ1) is 18.4. The molecule has 0 radical (unpaired) electrons. The summed E-state index contributed by atoms with van der Waals surface area (Å²) in [5.41, 5.74) is -0.0427. The van der Waals surface area contributed by atoms with Crippen molar-refractivity contribution in [1.82, 2.24) is 14.7 Å². The van der Waals surface area contributed by atoms with E-state index in [1.165, 1.54) is 6.07 Å². The van der Waals surface area contributed by atoms with Crippen LogP contribution in [0.15, 0.2) is 71.1 Å². The summed E-state index contributed by atoms with van der Waals surface area (Å²) in [5, 5.41) is 0. The molecule has 5 rings (SSSR count). The third-order valence-electron chi connectivity index (χ3n) is 7.74. The number of ether oxygens (including phenoxy) is 1. The predicted octanol–water partition coefficient (Wildman–Crippen LogP) is 4.55. The van der Waals surface area contributed by atoms with E-state index in [2.05, 4.69) is 11.9 Å². The fourth-order valence-electron chi connectivity index (χ4n) is 5.21. The van der Waals surface area contributed by atoms with Crippen LogP contribution in [0.3, 0.4) is 0 Å². The third kappa shape index (κ3) is 5.91. The third-order valence-corrected chi connectivity index (χ3v) is 7.74. The van der Waals surface area contributed by atoms with E-state index >= 15 is 0 Å². The number of nitrogens with zero attached hydrogens (tertiary/aromatic N) is 3. The number of benzene rings is 2. The average Bonchev–Trinajstić information content (AvgIpc) is 3.43. The van der Waals surface area contributed by atoms with Crippen molar-refractivity contribution in [1.29, 1.82) is 0 Å². The van der Waals surface area contributed by atoms with Gasteiger partial charge in [0.15, 0.2) is 5.76 Å². The van der Waals surface area contributed by atoms with Crippen molar-refractivity contribution in [2.75, 3.05) is 52.9 Å². The van der Waals surface area contributed by atoms with Crippen LogP contribution < -0.4 is 4.74 Å². The summed E-state index contributed by atoms with van der Waals surface area (Å²) in [6.45, 7) is 4.61. The standard InChI is InChI=1S/C30H34FN3O4/c1-32-17-19-33(20-18-32)28(35)21-30(22-37-23-7-3-2-4-8-23)13-15-34(16-14-30)29(36)27-12-11-26(38-27)24-9-5-6-10-25(24)31/h2-12H,13-22H2,1H3. The normalized spacial score (nSPS) is 17.8. The van der Waals surface area contributed by atoms with Gasteiger partial charge < -0.3 is 23.9 Å². The molecule has 7 nitrogen and oxygen atoms in total. The molecule has 0 saturated carbocycles. The minimum Gasteiger partial charge on any atom is -0.493 e. The highest BCUT2D eigenvalue weighted by atomic mass is 19.1. The summed E-state index contributed by atoms with van der Waals surface area (Å²) in [6, 6.07) is 19.2. The van der Waals surface area contributed by atoms with E-state index in [4.69, 9.17) is 9.15 Å². The number of hydrogen-bond acceptors (Lipinski definition) is 5. The van der Waals surface area contributed by atoms with E-state index in [1.54, 1.807) is 35.2 Å². The SMILES string of the molecule is CN1CCN(C(=O)CC2(COc3ccccc3)CCN(C(=O)c3ccc(-c4ccccc4F)o3)CC2)CC1. The van der Waals surface area contributed by atoms with Crippen LogP contribution in [0.1, 0.15) is 29.8 Å². The monoisotopic (exact) mass is 519 g/mol. The molecule has 2 fully saturated rings. The summed E-state index contributed by atoms with van der Waals surface area (Å²) in [4.78, 5) is 32.5. The van der Waals surface area contributed by atoms with E-state index in [0.29, 0.717) is 50.3 Å². The molecule has 0 spiro atoms. The van der Waals surface area contributed by atoms with Crippen molar-refractivity contribution in [3.63, 3.8) is 0 Å². The summed E-state index contributed by atoms with van der Waals surface area (Å²) in [7, 11) is 2.07. The van der Waals surface area contributed by atoms with Gasteiger partial charge in [0.2, 0.25) is 5.91 Å². The Morgan fingerprint density at radius 3 is 2.26 bits per heavy atom. The summed E-state index contributed by atoms with van der Waals surface area (Å²) < 4.78 is 26.1. The van der Waals surface area contributed by atoms with Crippen LogP contribution in [0.2, 0.25) is 0 Å². The van der Waals surface area contributed by atoms with Gasteiger partial charge >= 0.3 is 0 Å². The van der Waals surface area contributed by atoms with Crippen LogP contribution in [0.5, 0.6) is 5.75 Å². The highest BCUT2D eigenvalue weighted by molar-refractivity contribution is 5.92. The predicted molar refractivity (Wildman–Crippen MR) is 142 cm³/mol. The highest BCUT2D eigenvalue weighted by Crippen LogP contribution is 2.37. The Labute approximate surface area is 222 Å². The second-order valence-corrected chi connectivity index (χ2v) is 10.4. The number of likely N-dealkylation sites (N-methyl/N-ethyl adjacent to an activating group) is 1. The molecule has 8 heteroatoms. The van der Waals surface area contributed by atoms with Crippen LogP contribution in [-0.4, -0.2) is 79.4 Å². The number of likely N-dealkylation sites (tertiary alicyclic amines) is 1. The van der Waals surface area contributed by atoms with Gasteiger partial charge in [0, 0.05) is 51.1 Å². The zero-order valence-corrected chi connectivity index (χ0v) is 21.8. The lowest BCUT2D eigenvalue weighted by Crippen LogP contribution is -2.51. The van der Waals surface area contributed by atoms with Gasteiger partial charge in [-0.1, -0.05) is 30.3 Å². The molecule has 200 valence electrons. The Bertz CT molecular complexity index is 1250. The minimum absolute atomic E-state index is 0.148. The fourth-order valence-corrected chi connectivity index (χ4v) is 5.21. The van der Waals surface area contributed by atoms with Gasteiger partial charge in [-0.15, -0.1) is 0 Å². The lowest BCUT2D eigenvalue weighted by molar-refractivity contribution is -0.136. The second-order valence-electron chi connectivity index (χ2n) is 10.4. The summed E-state index contributed by atoms with van der Waals surface area (Å²) >= 11 is 0. The molecule has 0 aliphatic carbocycles. The molecule has 38 heavy (non-hydrogen) atoms. The van der Waals surface area contributed by atoms with Crippen molar-refractivity contribution >= 4 is 11.8 Å². The van der Waals surface area contributed by atoms with Crippen LogP contribution in [-0.2, 0) is 4.79 Å². The van der Waals surface area contributed by atoms with Gasteiger partial charge in [-0.05, 0) is 56.3 Å². The lowest BCUT2D eigenvalue weighted by atomic mass is 9.75. The Morgan fingerprint density at radius 1 is 0.868 bits per heavy atom. The first-order valence-corrected chi connectivity index (χ1v) is 13.2. The maximum absolute atomic E-state index is 14.2. The fraction of sp³-hybridized carbons (Fsp3) is 0.400. The Kier molecular flexibility index (Phi) is 7.79. The number of para-hydroxylation sites is 1. The average molecular weight is 520 g/mol. The van der Waals surface area contributed by atoms with Gasteiger partial charge in [-0.2, -0.15) is 0 Å². The number of furan rings is 1. The van der Waals surface area contributed by atoms with Gasteiger partial charge in [0.25, 0.3) is 5.91 Å². The molecule has 2 aliphatic heterocycles. The van der Waals surface area contributed by atoms with Crippen molar-refractivity contribution in [3.05, 3.63) is 78.3 Å². The molecular formula is C30H34FN3O4. The Balaban J connectivity index is 1.26. The number of rotatable bonds is 7. The van der Waals surface area contributed by atoms with Crippen molar-refractivity contribution in [2.45, 2.75) is 19.3 Å². The summed E-state index contributed by atoms with van der Waals surface area (Å²) in [5.74, 6) is 0.808. The number of piperidine rings is 1. The van der Waals surface area contributed by atoms with E-state index < -0.39 is 5.82 Å². The molecule has 2 aromatic carbocycles. The topological polar surface area (TPSA) is 66.2 Å². The minimum atomic E-state index is -0.396. The Morgan fingerprint density at radius 2 is 1.55 bits per heavy atom. The number of carbonyl (C=O) groups excluding carboxylic acids is 2. The molecule has 3 aromatic rings. The van der Waals surface area contributed by atoms with Gasteiger partial charge in [-0.25, -0.2) is 4.39 Å². The van der Waals surface area contributed by atoms with Gasteiger partial charge in [0.1, 0.15) is 17.3 Å². The maximum atomic E-state index is 14.2. The Hall–Kier alpha value is -3.65. The number of piperazine rings is 1. The molecule has 3 heterocycles. The molecule has 0 N–H and O–H groups in total. The van der Waals surface area contributed by atoms with Gasteiger partial charge in [-0.3, -0.25) is 9.59 Å². The van der Waals surface area contributed by atoms with Crippen LogP contribution in [0.4, 0.5) is 4.39 Å². The van der Waals surface area contributed by atoms with Crippen LogP contribution >= 0.6 is 0 Å². The zero-order chi connectivity index (χ0) is 26.5. The van der Waals surface area contributed by atoms with Crippen LogP contribution in [0.25, 0.3) is 11.3 Å². The molecular weight excluding hydrogens is 485 g/mol. The smallest absolute Gasteiger partial charge is 0.289 e. The molecule has 0 bridgehead atoms. The number of hydrogen-bond donors (Lipinski definition) is 0. The lowest BCUT2D eigenvalue weighted by Gasteiger charge is -2.42. The molecule has 2 aliphatic rings. The summed E-state index contributed by atoms with van der Waals surface area (Å²) in [6.07, 6.45) is 1.68. The highest BCUT2D eigenvalue weighted by Gasteiger charge is 2.40. The number of carbonyl (C=O) groups is 2. The number of halogens is 1. The van der Waals surface area contributed by atoms with Crippen molar-refractivity contribution < 1.29 is 23.1 Å². The molecule has 0 atom stereocenters. The largest absolute Gasteiger partial charge is 0.493 e. The first kappa shape index (κ1) is 26.0. The molecule has 0 unspecified atom stereocenters.